The molecule has 1 aromatic carbocycles. The summed E-state index contributed by atoms with van der Waals surface area (Å²) >= 11 is 1.37. The quantitative estimate of drug-likeness (QED) is 0.782. The van der Waals surface area contributed by atoms with Gasteiger partial charge in [0.15, 0.2) is 0 Å². The number of anilines is 1. The van der Waals surface area contributed by atoms with Crippen molar-refractivity contribution in [2.75, 3.05) is 5.32 Å². The van der Waals surface area contributed by atoms with Crippen molar-refractivity contribution in [1.82, 2.24) is 20.0 Å². The van der Waals surface area contributed by atoms with Gasteiger partial charge in [0.1, 0.15) is 5.01 Å². The van der Waals surface area contributed by atoms with Crippen molar-refractivity contribution in [1.29, 1.82) is 0 Å². The number of nitrogens with one attached hydrogen (secondary N) is 1. The fourth-order valence-electron chi connectivity index (χ4n) is 2.16. The van der Waals surface area contributed by atoms with E-state index in [1.807, 2.05) is 44.3 Å². The van der Waals surface area contributed by atoms with Gasteiger partial charge in [0, 0.05) is 30.9 Å². The highest BCUT2D eigenvalue weighted by Gasteiger charge is 2.10. The summed E-state index contributed by atoms with van der Waals surface area (Å²) in [6, 6.07) is 9.98. The molecule has 2 aromatic heterocycles. The van der Waals surface area contributed by atoms with Crippen molar-refractivity contribution in [2.24, 2.45) is 7.05 Å². The third-order valence-corrected chi connectivity index (χ3v) is 4.39. The van der Waals surface area contributed by atoms with Gasteiger partial charge in [-0.3, -0.25) is 9.48 Å². The first-order valence-corrected chi connectivity index (χ1v) is 8.11. The number of benzene rings is 1. The van der Waals surface area contributed by atoms with Crippen molar-refractivity contribution in [3.63, 3.8) is 0 Å². The number of carbonyl (C=O) groups is 1. The maximum absolute atomic E-state index is 12.0. The first kappa shape index (κ1) is 15.4. The third-order valence-electron chi connectivity index (χ3n) is 3.50. The molecule has 0 atom stereocenters. The summed E-state index contributed by atoms with van der Waals surface area (Å²) in [4.78, 5) is 12.0. The lowest BCUT2D eigenvalue weighted by Crippen LogP contribution is -2.13. The molecule has 3 rings (SSSR count). The van der Waals surface area contributed by atoms with Crippen LogP contribution in [0.2, 0.25) is 0 Å². The Morgan fingerprint density at radius 3 is 2.70 bits per heavy atom. The van der Waals surface area contributed by atoms with Crippen molar-refractivity contribution in [2.45, 2.75) is 19.8 Å². The number of rotatable bonds is 5. The Morgan fingerprint density at radius 2 is 2.00 bits per heavy atom. The van der Waals surface area contributed by atoms with Crippen molar-refractivity contribution in [3.8, 4) is 10.6 Å². The number of aryl methyl sites for hydroxylation is 3. The Hall–Kier alpha value is -2.54. The number of nitrogens with zero attached hydrogens (tertiary/aromatic N) is 4. The molecule has 7 heteroatoms. The minimum atomic E-state index is -0.0715. The number of aromatic nitrogens is 4. The standard InChI is InChI=1S/C16H17N5OS/c1-11-3-5-12(6-4-11)15-19-20-16(23-15)18-14(22)8-7-13-9-10-17-21(13)2/h3-6,9-10H,7-8H2,1-2H3,(H,18,20,22). The van der Waals surface area contributed by atoms with E-state index in [2.05, 4.69) is 20.6 Å². The molecule has 3 aromatic rings. The predicted octanol–water partition coefficient (Wildman–Crippen LogP) is 2.82. The zero-order valence-corrected chi connectivity index (χ0v) is 13.8. The van der Waals surface area contributed by atoms with E-state index in [9.17, 15) is 4.79 Å². The van der Waals surface area contributed by atoms with Gasteiger partial charge >= 0.3 is 0 Å². The SMILES string of the molecule is Cc1ccc(-c2nnc(NC(=O)CCc3ccnn3C)s2)cc1. The van der Waals surface area contributed by atoms with Gasteiger partial charge in [0.05, 0.1) is 0 Å². The van der Waals surface area contributed by atoms with Crippen LogP contribution in [0.5, 0.6) is 0 Å². The molecule has 0 spiro atoms. The Labute approximate surface area is 138 Å². The largest absolute Gasteiger partial charge is 0.301 e. The van der Waals surface area contributed by atoms with E-state index in [0.29, 0.717) is 18.0 Å². The number of amides is 1. The summed E-state index contributed by atoms with van der Waals surface area (Å²) in [5, 5.41) is 16.4. The molecule has 6 nitrogen and oxygen atoms in total. The summed E-state index contributed by atoms with van der Waals surface area (Å²) in [6.45, 7) is 2.04. The summed E-state index contributed by atoms with van der Waals surface area (Å²) in [5.41, 5.74) is 3.23. The highest BCUT2D eigenvalue weighted by atomic mass is 32.1. The normalized spacial score (nSPS) is 10.7. The van der Waals surface area contributed by atoms with Crippen LogP contribution in [-0.4, -0.2) is 25.9 Å². The van der Waals surface area contributed by atoms with E-state index in [1.54, 1.807) is 10.9 Å². The lowest BCUT2D eigenvalue weighted by atomic mass is 10.2. The maximum atomic E-state index is 12.0. The van der Waals surface area contributed by atoms with Crippen LogP contribution in [0, 0.1) is 6.92 Å². The van der Waals surface area contributed by atoms with Crippen LogP contribution in [0.25, 0.3) is 10.6 Å². The Kier molecular flexibility index (Phi) is 4.47. The Bertz CT molecular complexity index is 806. The van der Waals surface area contributed by atoms with Crippen LogP contribution in [0.4, 0.5) is 5.13 Å². The highest BCUT2D eigenvalue weighted by molar-refractivity contribution is 7.18. The van der Waals surface area contributed by atoms with Crippen molar-refractivity contribution < 1.29 is 4.79 Å². The monoisotopic (exact) mass is 327 g/mol. The molecular weight excluding hydrogens is 310 g/mol. The molecule has 1 amide bonds. The number of hydrogen-bond donors (Lipinski definition) is 1. The topological polar surface area (TPSA) is 72.7 Å². The van der Waals surface area contributed by atoms with Crippen LogP contribution in [-0.2, 0) is 18.3 Å². The molecule has 0 aliphatic heterocycles. The first-order valence-electron chi connectivity index (χ1n) is 7.29. The van der Waals surface area contributed by atoms with Gasteiger partial charge in [-0.15, -0.1) is 10.2 Å². The molecule has 0 radical (unpaired) electrons. The number of hydrogen-bond acceptors (Lipinski definition) is 5. The number of carbonyl (C=O) groups excluding carboxylic acids is 1. The molecule has 0 fully saturated rings. The lowest BCUT2D eigenvalue weighted by Gasteiger charge is -2.02. The molecule has 0 saturated carbocycles. The second-order valence-corrected chi connectivity index (χ2v) is 6.25. The van der Waals surface area contributed by atoms with E-state index < -0.39 is 0 Å². The summed E-state index contributed by atoms with van der Waals surface area (Å²) < 4.78 is 1.77. The zero-order chi connectivity index (χ0) is 16.2. The van der Waals surface area contributed by atoms with E-state index in [0.717, 1.165) is 16.3 Å². The zero-order valence-electron chi connectivity index (χ0n) is 13.0. The fraction of sp³-hybridized carbons (Fsp3) is 0.250. The van der Waals surface area contributed by atoms with Gasteiger partial charge < -0.3 is 5.32 Å². The average molecular weight is 327 g/mol. The molecule has 23 heavy (non-hydrogen) atoms. The summed E-state index contributed by atoms with van der Waals surface area (Å²) in [5.74, 6) is -0.0715. The van der Waals surface area contributed by atoms with E-state index in [-0.39, 0.29) is 5.91 Å². The fourth-order valence-corrected chi connectivity index (χ4v) is 2.92. The summed E-state index contributed by atoms with van der Waals surface area (Å²) in [7, 11) is 1.87. The van der Waals surface area contributed by atoms with E-state index in [1.165, 1.54) is 16.9 Å². The smallest absolute Gasteiger partial charge is 0.226 e. The van der Waals surface area contributed by atoms with Gasteiger partial charge in [0.25, 0.3) is 0 Å². The van der Waals surface area contributed by atoms with Gasteiger partial charge in [-0.05, 0) is 19.4 Å². The second-order valence-electron chi connectivity index (χ2n) is 5.27. The molecule has 118 valence electrons. The predicted molar refractivity (Wildman–Crippen MR) is 90.2 cm³/mol. The van der Waals surface area contributed by atoms with Crippen molar-refractivity contribution in [3.05, 3.63) is 47.8 Å². The molecule has 0 saturated heterocycles. The lowest BCUT2D eigenvalue weighted by molar-refractivity contribution is -0.116. The molecular formula is C16H17N5OS. The summed E-state index contributed by atoms with van der Waals surface area (Å²) in [6.07, 6.45) is 2.76. The van der Waals surface area contributed by atoms with E-state index >= 15 is 0 Å². The maximum Gasteiger partial charge on any atom is 0.226 e. The van der Waals surface area contributed by atoms with Gasteiger partial charge in [-0.1, -0.05) is 41.2 Å². The third kappa shape index (κ3) is 3.81. The second kappa shape index (κ2) is 6.70. The Morgan fingerprint density at radius 1 is 1.22 bits per heavy atom. The van der Waals surface area contributed by atoms with Crippen molar-refractivity contribution >= 4 is 22.4 Å². The molecule has 2 heterocycles. The molecule has 1 N–H and O–H groups in total. The van der Waals surface area contributed by atoms with Gasteiger partial charge in [0.2, 0.25) is 11.0 Å². The minimum Gasteiger partial charge on any atom is -0.301 e. The Balaban J connectivity index is 1.59. The van der Waals surface area contributed by atoms with Crippen LogP contribution in [0.3, 0.4) is 0 Å². The first-order chi connectivity index (χ1) is 11.1. The van der Waals surface area contributed by atoms with Gasteiger partial charge in [-0.25, -0.2) is 0 Å². The molecule has 0 unspecified atom stereocenters. The van der Waals surface area contributed by atoms with Crippen LogP contribution in [0.15, 0.2) is 36.5 Å². The highest BCUT2D eigenvalue weighted by Crippen LogP contribution is 2.26. The van der Waals surface area contributed by atoms with Crippen LogP contribution >= 0.6 is 11.3 Å². The van der Waals surface area contributed by atoms with Gasteiger partial charge in [-0.2, -0.15) is 5.10 Å². The minimum absolute atomic E-state index is 0.0715. The van der Waals surface area contributed by atoms with Crippen LogP contribution in [0.1, 0.15) is 17.7 Å². The average Bonchev–Trinajstić information content (AvgIpc) is 3.15. The van der Waals surface area contributed by atoms with E-state index in [4.69, 9.17) is 0 Å². The van der Waals surface area contributed by atoms with Crippen LogP contribution < -0.4 is 5.32 Å². The molecule has 0 bridgehead atoms. The molecule has 0 aliphatic carbocycles. The molecule has 0 aliphatic rings.